The second-order valence-electron chi connectivity index (χ2n) is 2.95. The predicted molar refractivity (Wildman–Crippen MR) is 61.6 cm³/mol. The monoisotopic (exact) mass is 287 g/mol. The fourth-order valence-electron chi connectivity index (χ4n) is 1.14. The van der Waals surface area contributed by atoms with Crippen molar-refractivity contribution in [1.82, 2.24) is 0 Å². The van der Waals surface area contributed by atoms with E-state index in [1.165, 1.54) is 13.2 Å². The Hall–Kier alpha value is -1.40. The summed E-state index contributed by atoms with van der Waals surface area (Å²) in [5.74, 6) is -1.51. The normalized spacial score (nSPS) is 9.88. The lowest BCUT2D eigenvalue weighted by molar-refractivity contribution is -0.119. The van der Waals surface area contributed by atoms with Gasteiger partial charge in [-0.1, -0.05) is 6.07 Å². The lowest BCUT2D eigenvalue weighted by atomic mass is 10.2. The zero-order valence-corrected chi connectivity index (χ0v) is 10.1. The van der Waals surface area contributed by atoms with Crippen molar-refractivity contribution in [3.63, 3.8) is 0 Å². The molecule has 0 aliphatic rings. The second-order valence-corrected chi connectivity index (χ2v) is 3.80. The molecule has 0 atom stereocenters. The van der Waals surface area contributed by atoms with Crippen molar-refractivity contribution in [3.05, 3.63) is 28.2 Å². The Bertz CT molecular complexity index is 419. The van der Waals surface area contributed by atoms with Crippen molar-refractivity contribution in [1.29, 1.82) is 0 Å². The van der Waals surface area contributed by atoms with Crippen LogP contribution in [0.25, 0.3) is 0 Å². The number of hydrogen-bond acceptors (Lipinski definition) is 3. The van der Waals surface area contributed by atoms with Crippen LogP contribution in [0.5, 0.6) is 0 Å². The van der Waals surface area contributed by atoms with E-state index in [9.17, 15) is 9.59 Å². The first kappa shape index (κ1) is 12.7. The van der Waals surface area contributed by atoms with Gasteiger partial charge in [-0.15, -0.1) is 0 Å². The molecule has 0 heterocycles. The third-order valence-corrected chi connectivity index (χ3v) is 2.44. The third-order valence-electron chi connectivity index (χ3n) is 1.78. The van der Waals surface area contributed by atoms with Gasteiger partial charge < -0.3 is 15.2 Å². The molecule has 0 unspecified atom stereocenters. The van der Waals surface area contributed by atoms with Gasteiger partial charge in [0.15, 0.2) is 0 Å². The Labute approximate surface area is 101 Å². The number of carboxylic acids is 1. The molecule has 6 heteroatoms. The van der Waals surface area contributed by atoms with Crippen molar-refractivity contribution < 1.29 is 19.4 Å². The Morgan fingerprint density at radius 2 is 2.19 bits per heavy atom. The molecule has 0 aliphatic carbocycles. The Balaban J connectivity index is 3.01. The van der Waals surface area contributed by atoms with Crippen LogP contribution in [0.4, 0.5) is 5.69 Å². The molecule has 16 heavy (non-hydrogen) atoms. The topological polar surface area (TPSA) is 75.6 Å². The summed E-state index contributed by atoms with van der Waals surface area (Å²) >= 11 is 3.18. The molecule has 1 aromatic carbocycles. The second kappa shape index (κ2) is 5.62. The summed E-state index contributed by atoms with van der Waals surface area (Å²) < 4.78 is 5.15. The van der Waals surface area contributed by atoms with E-state index < -0.39 is 11.9 Å². The van der Waals surface area contributed by atoms with Gasteiger partial charge in [-0.05, 0) is 28.1 Å². The number of carbonyl (C=O) groups is 2. The largest absolute Gasteiger partial charge is 0.478 e. The average molecular weight is 288 g/mol. The summed E-state index contributed by atoms with van der Waals surface area (Å²) in [5.41, 5.74) is 0.260. The molecular formula is C10H10BrNO4. The quantitative estimate of drug-likeness (QED) is 0.884. The maximum absolute atomic E-state index is 11.3. The van der Waals surface area contributed by atoms with Crippen molar-refractivity contribution in [2.24, 2.45) is 0 Å². The number of para-hydroxylation sites is 1. The van der Waals surface area contributed by atoms with E-state index in [1.807, 2.05) is 0 Å². The third kappa shape index (κ3) is 3.04. The summed E-state index contributed by atoms with van der Waals surface area (Å²) in [4.78, 5) is 22.2. The van der Waals surface area contributed by atoms with Gasteiger partial charge >= 0.3 is 5.97 Å². The molecule has 1 aromatic rings. The molecule has 0 saturated heterocycles. The Morgan fingerprint density at radius 1 is 1.50 bits per heavy atom. The van der Waals surface area contributed by atoms with Gasteiger partial charge in [-0.2, -0.15) is 0 Å². The molecule has 86 valence electrons. The van der Waals surface area contributed by atoms with E-state index in [2.05, 4.69) is 26.0 Å². The smallest absolute Gasteiger partial charge is 0.337 e. The number of anilines is 1. The number of carbonyl (C=O) groups excluding carboxylic acids is 1. The molecule has 0 bridgehead atoms. The van der Waals surface area contributed by atoms with Crippen LogP contribution in [0.3, 0.4) is 0 Å². The van der Waals surface area contributed by atoms with Crippen LogP contribution >= 0.6 is 15.9 Å². The molecule has 0 saturated carbocycles. The van der Waals surface area contributed by atoms with Crippen LogP contribution in [0.2, 0.25) is 0 Å². The van der Waals surface area contributed by atoms with Crippen molar-refractivity contribution in [3.8, 4) is 0 Å². The van der Waals surface area contributed by atoms with Gasteiger partial charge in [0.25, 0.3) is 0 Å². The van der Waals surface area contributed by atoms with E-state index >= 15 is 0 Å². The summed E-state index contributed by atoms with van der Waals surface area (Å²) in [7, 11) is 1.39. The highest BCUT2D eigenvalue weighted by Crippen LogP contribution is 2.26. The number of carboxylic acid groups (broad SMARTS) is 1. The number of halogens is 1. The Morgan fingerprint density at radius 3 is 2.75 bits per heavy atom. The van der Waals surface area contributed by atoms with Crippen LogP contribution < -0.4 is 5.32 Å². The molecule has 1 rings (SSSR count). The van der Waals surface area contributed by atoms with Gasteiger partial charge in [-0.25, -0.2) is 4.79 Å². The highest BCUT2D eigenvalue weighted by Gasteiger charge is 2.14. The van der Waals surface area contributed by atoms with Crippen molar-refractivity contribution >= 4 is 33.5 Å². The van der Waals surface area contributed by atoms with E-state index in [-0.39, 0.29) is 17.9 Å². The highest BCUT2D eigenvalue weighted by atomic mass is 79.9. The SMILES string of the molecule is COCC(=O)Nc1c(Br)cccc1C(=O)O. The number of nitrogens with one attached hydrogen (secondary N) is 1. The van der Waals surface area contributed by atoms with Crippen LogP contribution in [-0.2, 0) is 9.53 Å². The van der Waals surface area contributed by atoms with Crippen LogP contribution in [0.15, 0.2) is 22.7 Å². The van der Waals surface area contributed by atoms with Gasteiger partial charge in [-0.3, -0.25) is 4.79 Å². The number of methoxy groups -OCH3 is 1. The minimum atomic E-state index is -1.10. The molecule has 0 fully saturated rings. The van der Waals surface area contributed by atoms with Gasteiger partial charge in [0.05, 0.1) is 11.3 Å². The zero-order chi connectivity index (χ0) is 12.1. The minimum absolute atomic E-state index is 0.0267. The van der Waals surface area contributed by atoms with Gasteiger partial charge in [0, 0.05) is 11.6 Å². The van der Waals surface area contributed by atoms with Gasteiger partial charge in [0.2, 0.25) is 5.91 Å². The molecule has 0 aromatic heterocycles. The van der Waals surface area contributed by atoms with E-state index in [1.54, 1.807) is 12.1 Å². The predicted octanol–water partition coefficient (Wildman–Crippen LogP) is 1.73. The fraction of sp³-hybridized carbons (Fsp3) is 0.200. The van der Waals surface area contributed by atoms with Crippen LogP contribution in [0.1, 0.15) is 10.4 Å². The first-order valence-corrected chi connectivity index (χ1v) is 5.16. The average Bonchev–Trinajstić information content (AvgIpc) is 2.21. The van der Waals surface area contributed by atoms with Crippen LogP contribution in [0, 0.1) is 0 Å². The first-order chi connectivity index (χ1) is 7.56. The summed E-state index contributed by atoms with van der Waals surface area (Å²) in [6.07, 6.45) is 0. The molecule has 0 aliphatic heterocycles. The minimum Gasteiger partial charge on any atom is -0.478 e. The summed E-state index contributed by atoms with van der Waals surface area (Å²) in [6.45, 7) is -0.125. The lowest BCUT2D eigenvalue weighted by Crippen LogP contribution is -2.19. The molecular weight excluding hydrogens is 278 g/mol. The van der Waals surface area contributed by atoms with Crippen molar-refractivity contribution in [2.45, 2.75) is 0 Å². The maximum Gasteiger partial charge on any atom is 0.337 e. The van der Waals surface area contributed by atoms with Crippen molar-refractivity contribution in [2.75, 3.05) is 19.0 Å². The summed E-state index contributed by atoms with van der Waals surface area (Å²) in [6, 6.07) is 4.64. The van der Waals surface area contributed by atoms with Gasteiger partial charge in [0.1, 0.15) is 6.61 Å². The number of amides is 1. The number of ether oxygens (including phenoxy) is 1. The lowest BCUT2D eigenvalue weighted by Gasteiger charge is -2.09. The van der Waals surface area contributed by atoms with E-state index in [0.29, 0.717) is 4.47 Å². The first-order valence-electron chi connectivity index (χ1n) is 4.37. The number of rotatable bonds is 4. The molecule has 1 amide bonds. The summed E-state index contributed by atoms with van der Waals surface area (Å²) in [5, 5.41) is 11.4. The molecule has 0 spiro atoms. The fourth-order valence-corrected chi connectivity index (χ4v) is 1.60. The maximum atomic E-state index is 11.3. The van der Waals surface area contributed by atoms with Crippen LogP contribution in [-0.4, -0.2) is 30.7 Å². The molecule has 2 N–H and O–H groups in total. The highest BCUT2D eigenvalue weighted by molar-refractivity contribution is 9.10. The Kier molecular flexibility index (Phi) is 4.45. The number of benzene rings is 1. The molecule has 5 nitrogen and oxygen atoms in total. The number of aromatic carboxylic acids is 1. The standard InChI is InChI=1S/C10H10BrNO4/c1-16-5-8(13)12-9-6(10(14)15)3-2-4-7(9)11/h2-4H,5H2,1H3,(H,12,13)(H,14,15). The zero-order valence-electron chi connectivity index (χ0n) is 8.49. The van der Waals surface area contributed by atoms with E-state index in [4.69, 9.17) is 5.11 Å². The number of hydrogen-bond donors (Lipinski definition) is 2. The van der Waals surface area contributed by atoms with E-state index in [0.717, 1.165) is 0 Å². The molecule has 0 radical (unpaired) electrons.